The second kappa shape index (κ2) is 8.54. The topological polar surface area (TPSA) is 54.7 Å². The van der Waals surface area contributed by atoms with E-state index in [2.05, 4.69) is 26.1 Å². The lowest BCUT2D eigenvalue weighted by Gasteiger charge is -2.26. The van der Waals surface area contributed by atoms with Crippen LogP contribution in [0.3, 0.4) is 0 Å². The summed E-state index contributed by atoms with van der Waals surface area (Å²) in [5, 5.41) is 2.97. The molecule has 1 aliphatic rings. The zero-order chi connectivity index (χ0) is 17.6. The molecule has 2 heterocycles. The van der Waals surface area contributed by atoms with E-state index < -0.39 is 0 Å². The molecule has 0 saturated carbocycles. The van der Waals surface area contributed by atoms with Gasteiger partial charge < -0.3 is 14.5 Å². The summed E-state index contributed by atoms with van der Waals surface area (Å²) in [7, 11) is 0. The first kappa shape index (κ1) is 18.0. The molecule has 0 unspecified atom stereocenters. The normalized spacial score (nSPS) is 15.9. The molecule has 25 heavy (non-hydrogen) atoms. The molecule has 1 saturated heterocycles. The Hall–Kier alpha value is -1.79. The summed E-state index contributed by atoms with van der Waals surface area (Å²) in [5.41, 5.74) is 0. The van der Waals surface area contributed by atoms with Gasteiger partial charge in [-0.15, -0.1) is 0 Å². The Balaban J connectivity index is 1.53. The number of carbonyl (C=O) groups excluding carboxylic acids is 1. The lowest BCUT2D eigenvalue weighted by molar-refractivity contribution is -0.123. The molecule has 3 rings (SSSR count). The van der Waals surface area contributed by atoms with Gasteiger partial charge in [0.2, 0.25) is 0 Å². The number of hydrogen-bond donors (Lipinski definition) is 1. The molecule has 1 amide bonds. The van der Waals surface area contributed by atoms with E-state index >= 15 is 0 Å². The van der Waals surface area contributed by atoms with Gasteiger partial charge in [-0.1, -0.05) is 15.9 Å². The first-order valence-corrected chi connectivity index (χ1v) is 9.36. The van der Waals surface area contributed by atoms with Crippen LogP contribution in [0.15, 0.2) is 45.3 Å². The van der Waals surface area contributed by atoms with E-state index in [1.54, 1.807) is 0 Å². The maximum Gasteiger partial charge on any atom is 0.258 e. The molecule has 1 N–H and O–H groups in total. The van der Waals surface area contributed by atoms with E-state index in [9.17, 15) is 4.79 Å². The standard InChI is InChI=1S/C19H23BrN2O3/c1-14-4-9-18(25-14)17(22-10-2-3-11-22)12-21-19(23)13-24-16-7-5-15(20)6-8-16/h4-9,17H,2-3,10-13H2,1H3,(H,21,23)/t17-/m1/s1. The molecule has 0 spiro atoms. The van der Waals surface area contributed by atoms with Crippen LogP contribution in [0.25, 0.3) is 0 Å². The summed E-state index contributed by atoms with van der Waals surface area (Å²) in [6.45, 7) is 4.54. The van der Waals surface area contributed by atoms with Crippen LogP contribution in [0.1, 0.15) is 30.4 Å². The number of aryl methyl sites for hydroxylation is 1. The van der Waals surface area contributed by atoms with Crippen molar-refractivity contribution < 1.29 is 13.9 Å². The largest absolute Gasteiger partial charge is 0.484 e. The summed E-state index contributed by atoms with van der Waals surface area (Å²) in [6.07, 6.45) is 2.38. The second-order valence-corrected chi connectivity index (χ2v) is 7.17. The van der Waals surface area contributed by atoms with Crippen LogP contribution < -0.4 is 10.1 Å². The molecule has 0 bridgehead atoms. The zero-order valence-corrected chi connectivity index (χ0v) is 15.9. The van der Waals surface area contributed by atoms with Crippen molar-refractivity contribution in [2.24, 2.45) is 0 Å². The molecule has 5 nitrogen and oxygen atoms in total. The van der Waals surface area contributed by atoms with Crippen LogP contribution in [0.5, 0.6) is 5.75 Å². The molecule has 2 aromatic rings. The van der Waals surface area contributed by atoms with Crippen molar-refractivity contribution >= 4 is 21.8 Å². The summed E-state index contributed by atoms with van der Waals surface area (Å²) in [5.74, 6) is 2.35. The number of likely N-dealkylation sites (tertiary alicyclic amines) is 1. The minimum Gasteiger partial charge on any atom is -0.484 e. The van der Waals surface area contributed by atoms with E-state index in [4.69, 9.17) is 9.15 Å². The molecule has 1 fully saturated rings. The highest BCUT2D eigenvalue weighted by atomic mass is 79.9. The van der Waals surface area contributed by atoms with E-state index in [1.165, 1.54) is 12.8 Å². The molecule has 6 heteroatoms. The van der Waals surface area contributed by atoms with Crippen molar-refractivity contribution in [2.75, 3.05) is 26.2 Å². The maximum absolute atomic E-state index is 12.1. The second-order valence-electron chi connectivity index (χ2n) is 6.25. The first-order chi connectivity index (χ1) is 12.1. The Morgan fingerprint density at radius 3 is 2.60 bits per heavy atom. The van der Waals surface area contributed by atoms with Crippen LogP contribution in [0, 0.1) is 6.92 Å². The third-order valence-electron chi connectivity index (χ3n) is 4.35. The van der Waals surface area contributed by atoms with E-state index in [0.29, 0.717) is 12.3 Å². The average Bonchev–Trinajstić information content (AvgIpc) is 3.27. The van der Waals surface area contributed by atoms with Crippen LogP contribution in [0.4, 0.5) is 0 Å². The van der Waals surface area contributed by atoms with Crippen LogP contribution in [-0.4, -0.2) is 37.0 Å². The maximum atomic E-state index is 12.1. The Kier molecular flexibility index (Phi) is 6.15. The van der Waals surface area contributed by atoms with Crippen LogP contribution >= 0.6 is 15.9 Å². The molecule has 0 radical (unpaired) electrons. The number of nitrogens with zero attached hydrogens (tertiary/aromatic N) is 1. The Bertz CT molecular complexity index is 693. The van der Waals surface area contributed by atoms with Gasteiger partial charge in [-0.3, -0.25) is 9.69 Å². The van der Waals surface area contributed by atoms with Gasteiger partial charge in [-0.25, -0.2) is 0 Å². The number of amides is 1. The lowest BCUT2D eigenvalue weighted by atomic mass is 10.2. The minimum atomic E-state index is -0.129. The number of hydrogen-bond acceptors (Lipinski definition) is 4. The number of benzene rings is 1. The SMILES string of the molecule is Cc1ccc([C@@H](CNC(=O)COc2ccc(Br)cc2)N2CCCC2)o1. The summed E-state index contributed by atoms with van der Waals surface area (Å²) in [6, 6.07) is 11.5. The van der Waals surface area contributed by atoms with E-state index in [1.807, 2.05) is 43.3 Å². The van der Waals surface area contributed by atoms with Gasteiger partial charge in [-0.05, 0) is 69.3 Å². The Morgan fingerprint density at radius 2 is 1.96 bits per heavy atom. The molecule has 134 valence electrons. The highest BCUT2D eigenvalue weighted by Gasteiger charge is 2.26. The highest BCUT2D eigenvalue weighted by molar-refractivity contribution is 9.10. The van der Waals surface area contributed by atoms with Crippen molar-refractivity contribution in [3.63, 3.8) is 0 Å². The fourth-order valence-corrected chi connectivity index (χ4v) is 3.30. The van der Waals surface area contributed by atoms with Gasteiger partial charge >= 0.3 is 0 Å². The molecular weight excluding hydrogens is 384 g/mol. The van der Waals surface area contributed by atoms with Crippen molar-refractivity contribution in [3.05, 3.63) is 52.4 Å². The number of nitrogens with one attached hydrogen (secondary N) is 1. The fraction of sp³-hybridized carbons (Fsp3) is 0.421. The van der Waals surface area contributed by atoms with Crippen molar-refractivity contribution in [3.8, 4) is 5.75 Å². The van der Waals surface area contributed by atoms with Gasteiger partial charge in [0.1, 0.15) is 17.3 Å². The first-order valence-electron chi connectivity index (χ1n) is 8.57. The lowest BCUT2D eigenvalue weighted by Crippen LogP contribution is -2.38. The third kappa shape index (κ3) is 5.09. The van der Waals surface area contributed by atoms with Crippen molar-refractivity contribution in [1.29, 1.82) is 0 Å². The Labute approximate surface area is 156 Å². The smallest absolute Gasteiger partial charge is 0.258 e. The third-order valence-corrected chi connectivity index (χ3v) is 4.88. The van der Waals surface area contributed by atoms with Gasteiger partial charge in [0, 0.05) is 11.0 Å². The number of halogens is 1. The number of carbonyl (C=O) groups is 1. The predicted molar refractivity (Wildman–Crippen MR) is 99.6 cm³/mol. The van der Waals surface area contributed by atoms with Gasteiger partial charge in [0.25, 0.3) is 5.91 Å². The Morgan fingerprint density at radius 1 is 1.24 bits per heavy atom. The summed E-state index contributed by atoms with van der Waals surface area (Å²) < 4.78 is 12.3. The fourth-order valence-electron chi connectivity index (χ4n) is 3.04. The molecule has 1 aliphatic heterocycles. The molecule has 0 aliphatic carbocycles. The van der Waals surface area contributed by atoms with Gasteiger partial charge in [-0.2, -0.15) is 0 Å². The predicted octanol–water partition coefficient (Wildman–Crippen LogP) is 3.68. The number of rotatable bonds is 7. The number of furan rings is 1. The monoisotopic (exact) mass is 406 g/mol. The zero-order valence-electron chi connectivity index (χ0n) is 14.3. The van der Waals surface area contributed by atoms with Gasteiger partial charge in [0.15, 0.2) is 6.61 Å². The van der Waals surface area contributed by atoms with E-state index in [0.717, 1.165) is 29.1 Å². The molecule has 1 aromatic carbocycles. The highest BCUT2D eigenvalue weighted by Crippen LogP contribution is 2.26. The molecule has 1 atom stereocenters. The van der Waals surface area contributed by atoms with Crippen LogP contribution in [-0.2, 0) is 4.79 Å². The van der Waals surface area contributed by atoms with E-state index in [-0.39, 0.29) is 18.6 Å². The summed E-state index contributed by atoms with van der Waals surface area (Å²) >= 11 is 3.37. The average molecular weight is 407 g/mol. The quantitative estimate of drug-likeness (QED) is 0.761. The van der Waals surface area contributed by atoms with Crippen LogP contribution in [0.2, 0.25) is 0 Å². The van der Waals surface area contributed by atoms with Gasteiger partial charge in [0.05, 0.1) is 6.04 Å². The van der Waals surface area contributed by atoms with Crippen molar-refractivity contribution in [2.45, 2.75) is 25.8 Å². The van der Waals surface area contributed by atoms with Crippen molar-refractivity contribution in [1.82, 2.24) is 10.2 Å². The molecular formula is C19H23BrN2O3. The summed E-state index contributed by atoms with van der Waals surface area (Å²) in [4.78, 5) is 14.5. The molecule has 1 aromatic heterocycles. The number of ether oxygens (including phenoxy) is 1. The minimum absolute atomic E-state index is 0.00549.